The number of urea groups is 1. The molecule has 1 saturated heterocycles. The van der Waals surface area contributed by atoms with E-state index in [4.69, 9.17) is 0 Å². The molecule has 1 saturated carbocycles. The molecule has 3 rings (SSSR count). The molecule has 1 aromatic rings. The molecule has 2 fully saturated rings. The summed E-state index contributed by atoms with van der Waals surface area (Å²) in [4.78, 5) is 44.0. The zero-order valence-corrected chi connectivity index (χ0v) is 19.7. The molecule has 2 N–H and O–H groups in total. The van der Waals surface area contributed by atoms with Gasteiger partial charge in [0.05, 0.1) is 5.56 Å². The maximum atomic E-state index is 13.3. The maximum Gasteiger partial charge on any atom is 0.319 e. The topological polar surface area (TPSA) is 85.0 Å². The Morgan fingerprint density at radius 1 is 1.00 bits per heavy atom. The smallest absolute Gasteiger partial charge is 0.319 e. The fourth-order valence-corrected chi connectivity index (χ4v) is 4.68. The van der Waals surface area contributed by atoms with E-state index in [1.807, 2.05) is 37.8 Å². The summed E-state index contributed by atoms with van der Waals surface area (Å²) in [6.45, 7) is 10.3. The number of hydrogen-bond acceptors (Lipinski definition) is 4. The Balaban J connectivity index is 1.77. The second-order valence-corrected chi connectivity index (χ2v) is 8.49. The third-order valence-electron chi connectivity index (χ3n) is 6.51. The molecule has 176 valence electrons. The van der Waals surface area contributed by atoms with Crippen molar-refractivity contribution < 1.29 is 14.4 Å². The second-order valence-electron chi connectivity index (χ2n) is 8.49. The summed E-state index contributed by atoms with van der Waals surface area (Å²) >= 11 is 0. The van der Waals surface area contributed by atoms with Gasteiger partial charge >= 0.3 is 6.03 Å². The number of nitrogens with one attached hydrogen (secondary N) is 2. The summed E-state index contributed by atoms with van der Waals surface area (Å²) in [6, 6.07) is 5.22. The Hall–Kier alpha value is -2.77. The van der Waals surface area contributed by atoms with Crippen LogP contribution in [-0.2, 0) is 4.79 Å². The molecule has 1 heterocycles. The van der Waals surface area contributed by atoms with Gasteiger partial charge in [-0.15, -0.1) is 0 Å². The van der Waals surface area contributed by atoms with E-state index < -0.39 is 0 Å². The Bertz CT molecular complexity index is 810. The SMILES string of the molecule is CCNC(=O)Nc1ccc(N2CCN(C(=O)C3CCCC3)CC2)c(C(=O)N(CC)CC)c1. The van der Waals surface area contributed by atoms with Crippen molar-refractivity contribution in [3.8, 4) is 0 Å². The molecular formula is C24H37N5O3. The van der Waals surface area contributed by atoms with Gasteiger partial charge in [-0.25, -0.2) is 4.79 Å². The number of nitrogens with zero attached hydrogens (tertiary/aromatic N) is 3. The van der Waals surface area contributed by atoms with Crippen LogP contribution in [-0.4, -0.2) is 73.5 Å². The molecule has 8 heteroatoms. The highest BCUT2D eigenvalue weighted by Crippen LogP contribution is 2.29. The van der Waals surface area contributed by atoms with E-state index in [2.05, 4.69) is 15.5 Å². The van der Waals surface area contributed by atoms with Crippen LogP contribution in [0.25, 0.3) is 0 Å². The van der Waals surface area contributed by atoms with Crippen LogP contribution in [0.5, 0.6) is 0 Å². The molecule has 0 aromatic heterocycles. The van der Waals surface area contributed by atoms with E-state index in [-0.39, 0.29) is 17.9 Å². The lowest BCUT2D eigenvalue weighted by Crippen LogP contribution is -2.50. The van der Waals surface area contributed by atoms with E-state index in [1.54, 1.807) is 11.0 Å². The first kappa shape index (κ1) is 23.9. The molecule has 32 heavy (non-hydrogen) atoms. The van der Waals surface area contributed by atoms with Crippen molar-refractivity contribution in [1.29, 1.82) is 0 Å². The quantitative estimate of drug-likeness (QED) is 0.678. The summed E-state index contributed by atoms with van der Waals surface area (Å²) < 4.78 is 0. The number of amides is 4. The van der Waals surface area contributed by atoms with Gasteiger partial charge in [0.2, 0.25) is 5.91 Å². The minimum absolute atomic E-state index is 0.0472. The van der Waals surface area contributed by atoms with Gasteiger partial charge in [-0.3, -0.25) is 9.59 Å². The predicted molar refractivity (Wildman–Crippen MR) is 127 cm³/mol. The number of anilines is 2. The summed E-state index contributed by atoms with van der Waals surface area (Å²) in [5.74, 6) is 0.443. The van der Waals surface area contributed by atoms with E-state index in [1.165, 1.54) is 0 Å². The minimum Gasteiger partial charge on any atom is -0.367 e. The maximum absolute atomic E-state index is 13.3. The number of hydrogen-bond donors (Lipinski definition) is 2. The van der Waals surface area contributed by atoms with Crippen LogP contribution in [0.4, 0.5) is 16.2 Å². The normalized spacial score (nSPS) is 16.7. The Morgan fingerprint density at radius 2 is 1.66 bits per heavy atom. The van der Waals surface area contributed by atoms with Gasteiger partial charge in [-0.2, -0.15) is 0 Å². The molecule has 0 spiro atoms. The first-order valence-corrected chi connectivity index (χ1v) is 12.0. The number of benzene rings is 1. The zero-order valence-electron chi connectivity index (χ0n) is 19.7. The van der Waals surface area contributed by atoms with Crippen LogP contribution in [0.15, 0.2) is 18.2 Å². The van der Waals surface area contributed by atoms with Crippen LogP contribution in [0.3, 0.4) is 0 Å². The van der Waals surface area contributed by atoms with Gasteiger partial charge < -0.3 is 25.3 Å². The summed E-state index contributed by atoms with van der Waals surface area (Å²) in [5, 5.41) is 5.52. The third-order valence-corrected chi connectivity index (χ3v) is 6.51. The molecule has 8 nitrogen and oxygen atoms in total. The van der Waals surface area contributed by atoms with Crippen LogP contribution in [0.2, 0.25) is 0 Å². The van der Waals surface area contributed by atoms with E-state index in [0.717, 1.165) is 31.4 Å². The summed E-state index contributed by atoms with van der Waals surface area (Å²) in [5.41, 5.74) is 2.03. The van der Waals surface area contributed by atoms with Crippen molar-refractivity contribution in [1.82, 2.24) is 15.1 Å². The number of carbonyl (C=O) groups is 3. The molecule has 0 bridgehead atoms. The van der Waals surface area contributed by atoms with Gasteiger partial charge in [0.15, 0.2) is 0 Å². The average Bonchev–Trinajstić information content (AvgIpc) is 3.34. The molecular weight excluding hydrogens is 406 g/mol. The number of carbonyl (C=O) groups excluding carboxylic acids is 3. The molecule has 1 aromatic carbocycles. The second kappa shape index (κ2) is 11.2. The number of piperazine rings is 1. The Labute approximate surface area is 191 Å². The first-order chi connectivity index (χ1) is 15.5. The van der Waals surface area contributed by atoms with Crippen LogP contribution in [0.1, 0.15) is 56.8 Å². The number of rotatable bonds is 7. The molecule has 4 amide bonds. The lowest BCUT2D eigenvalue weighted by atomic mass is 10.1. The molecule has 1 aliphatic heterocycles. The van der Waals surface area contributed by atoms with Crippen molar-refractivity contribution in [2.24, 2.45) is 5.92 Å². The van der Waals surface area contributed by atoms with Crippen LogP contribution < -0.4 is 15.5 Å². The largest absolute Gasteiger partial charge is 0.367 e. The van der Waals surface area contributed by atoms with Crippen molar-refractivity contribution in [2.75, 3.05) is 56.0 Å². The Morgan fingerprint density at radius 3 is 2.25 bits per heavy atom. The van der Waals surface area contributed by atoms with E-state index in [0.29, 0.717) is 63.0 Å². The lowest BCUT2D eigenvalue weighted by Gasteiger charge is -2.38. The minimum atomic E-state index is -0.291. The zero-order chi connectivity index (χ0) is 23.1. The van der Waals surface area contributed by atoms with Gasteiger partial charge in [0.25, 0.3) is 5.91 Å². The fourth-order valence-electron chi connectivity index (χ4n) is 4.68. The average molecular weight is 444 g/mol. The van der Waals surface area contributed by atoms with E-state index >= 15 is 0 Å². The lowest BCUT2D eigenvalue weighted by molar-refractivity contribution is -0.135. The molecule has 0 atom stereocenters. The van der Waals surface area contributed by atoms with Gasteiger partial charge in [0, 0.05) is 63.1 Å². The van der Waals surface area contributed by atoms with Gasteiger partial charge in [0.1, 0.15) is 0 Å². The van der Waals surface area contributed by atoms with E-state index in [9.17, 15) is 14.4 Å². The highest BCUT2D eigenvalue weighted by molar-refractivity contribution is 6.02. The molecule has 0 radical (unpaired) electrons. The highest BCUT2D eigenvalue weighted by Gasteiger charge is 2.30. The fraction of sp³-hybridized carbons (Fsp3) is 0.625. The summed E-state index contributed by atoms with van der Waals surface area (Å²) in [7, 11) is 0. The molecule has 1 aliphatic carbocycles. The summed E-state index contributed by atoms with van der Waals surface area (Å²) in [6.07, 6.45) is 4.34. The first-order valence-electron chi connectivity index (χ1n) is 12.0. The third kappa shape index (κ3) is 5.53. The van der Waals surface area contributed by atoms with Gasteiger partial charge in [-0.1, -0.05) is 12.8 Å². The van der Waals surface area contributed by atoms with Crippen LogP contribution >= 0.6 is 0 Å². The van der Waals surface area contributed by atoms with Gasteiger partial charge in [-0.05, 0) is 51.8 Å². The van der Waals surface area contributed by atoms with Crippen molar-refractivity contribution in [3.05, 3.63) is 23.8 Å². The standard InChI is InChI=1S/C24H37N5O3/c1-4-25-24(32)26-19-11-12-21(20(17-19)23(31)27(5-2)6-3)28-13-15-29(16-14-28)22(30)18-9-7-8-10-18/h11-12,17-18H,4-10,13-16H2,1-3H3,(H2,25,26,32). The monoisotopic (exact) mass is 443 g/mol. The molecule has 0 unspecified atom stereocenters. The Kier molecular flexibility index (Phi) is 8.36. The van der Waals surface area contributed by atoms with Crippen molar-refractivity contribution >= 4 is 29.2 Å². The predicted octanol–water partition coefficient (Wildman–Crippen LogP) is 3.15. The highest BCUT2D eigenvalue weighted by atomic mass is 16.2. The molecule has 2 aliphatic rings. The van der Waals surface area contributed by atoms with Crippen molar-refractivity contribution in [2.45, 2.75) is 46.5 Å². The van der Waals surface area contributed by atoms with Crippen LogP contribution in [0, 0.1) is 5.92 Å². The van der Waals surface area contributed by atoms with Crippen molar-refractivity contribution in [3.63, 3.8) is 0 Å².